The summed E-state index contributed by atoms with van der Waals surface area (Å²) in [5.74, 6) is 0.430. The van der Waals surface area contributed by atoms with Gasteiger partial charge in [0.1, 0.15) is 11.6 Å². The van der Waals surface area contributed by atoms with E-state index in [-0.39, 0.29) is 5.56 Å². The van der Waals surface area contributed by atoms with Crippen molar-refractivity contribution in [3.63, 3.8) is 0 Å². The van der Waals surface area contributed by atoms with Crippen molar-refractivity contribution in [3.05, 3.63) is 58.4 Å². The lowest BCUT2D eigenvalue weighted by atomic mass is 10.0. The third-order valence-corrected chi connectivity index (χ3v) is 3.97. The Morgan fingerprint density at radius 2 is 1.96 bits per heavy atom. The second kappa shape index (κ2) is 5.25. The Labute approximate surface area is 132 Å². The number of benzene rings is 2. The van der Waals surface area contributed by atoms with Crippen LogP contribution in [0.15, 0.2) is 47.3 Å². The van der Waals surface area contributed by atoms with Crippen LogP contribution in [0.3, 0.4) is 0 Å². The summed E-state index contributed by atoms with van der Waals surface area (Å²) in [7, 11) is 0. The molecule has 1 aromatic heterocycles. The van der Waals surface area contributed by atoms with E-state index in [4.69, 9.17) is 0 Å². The van der Waals surface area contributed by atoms with Crippen molar-refractivity contribution in [2.45, 2.75) is 18.9 Å². The van der Waals surface area contributed by atoms with Gasteiger partial charge in [0.05, 0.1) is 5.69 Å². The van der Waals surface area contributed by atoms with Crippen molar-refractivity contribution < 1.29 is 0 Å². The topological polar surface area (TPSA) is 81.6 Å². The lowest BCUT2D eigenvalue weighted by Crippen LogP contribution is -2.18. The summed E-state index contributed by atoms with van der Waals surface area (Å²) in [5, 5.41) is 14.7. The third kappa shape index (κ3) is 2.55. The number of rotatable bonds is 3. The minimum atomic E-state index is -0.409. The first-order valence-corrected chi connectivity index (χ1v) is 7.55. The second-order valence-electron chi connectivity index (χ2n) is 5.73. The van der Waals surface area contributed by atoms with E-state index in [9.17, 15) is 10.1 Å². The average Bonchev–Trinajstić information content (AvgIpc) is 3.38. The molecule has 3 aromatic rings. The smallest absolute Gasteiger partial charge is 0.270 e. The molecule has 0 saturated heterocycles. The van der Waals surface area contributed by atoms with Gasteiger partial charge in [0.15, 0.2) is 0 Å². The highest BCUT2D eigenvalue weighted by molar-refractivity contribution is 5.87. The molecule has 0 bridgehead atoms. The monoisotopic (exact) mass is 302 g/mol. The Hall–Kier alpha value is -3.13. The van der Waals surface area contributed by atoms with E-state index in [0.717, 1.165) is 29.2 Å². The number of nitrogens with zero attached hydrogens (tertiary/aromatic N) is 2. The molecule has 0 atom stereocenters. The van der Waals surface area contributed by atoms with E-state index in [2.05, 4.69) is 15.3 Å². The zero-order valence-corrected chi connectivity index (χ0v) is 12.3. The number of aromatic nitrogens is 2. The fourth-order valence-corrected chi connectivity index (χ4v) is 2.61. The summed E-state index contributed by atoms with van der Waals surface area (Å²) in [6, 6.07) is 16.1. The first-order valence-electron chi connectivity index (χ1n) is 7.55. The van der Waals surface area contributed by atoms with Crippen molar-refractivity contribution in [3.8, 4) is 17.3 Å². The van der Waals surface area contributed by atoms with E-state index in [0.29, 0.717) is 17.7 Å². The van der Waals surface area contributed by atoms with Crippen LogP contribution in [0.4, 0.5) is 5.95 Å². The number of H-pyrrole nitrogens is 1. The normalized spacial score (nSPS) is 13.7. The highest BCUT2D eigenvalue weighted by Gasteiger charge is 2.23. The molecule has 1 aliphatic rings. The van der Waals surface area contributed by atoms with E-state index in [1.165, 1.54) is 0 Å². The fourth-order valence-electron chi connectivity index (χ4n) is 2.61. The van der Waals surface area contributed by atoms with Crippen LogP contribution < -0.4 is 10.9 Å². The molecule has 0 amide bonds. The number of nitrogens with one attached hydrogen (secondary N) is 2. The van der Waals surface area contributed by atoms with Gasteiger partial charge in [-0.05, 0) is 29.7 Å². The number of hydrogen-bond donors (Lipinski definition) is 2. The highest BCUT2D eigenvalue weighted by atomic mass is 16.1. The van der Waals surface area contributed by atoms with Gasteiger partial charge in [-0.3, -0.25) is 9.78 Å². The Balaban J connectivity index is 1.89. The van der Waals surface area contributed by atoms with Gasteiger partial charge in [-0.2, -0.15) is 5.26 Å². The molecule has 2 aromatic carbocycles. The first kappa shape index (κ1) is 13.5. The summed E-state index contributed by atoms with van der Waals surface area (Å²) < 4.78 is 0. The first-order chi connectivity index (χ1) is 11.2. The maximum atomic E-state index is 12.2. The number of nitriles is 1. The Kier molecular flexibility index (Phi) is 3.09. The lowest BCUT2D eigenvalue weighted by molar-refractivity contribution is 1.03. The van der Waals surface area contributed by atoms with Crippen LogP contribution in [0.25, 0.3) is 22.0 Å². The van der Waals surface area contributed by atoms with E-state index in [1.54, 1.807) is 0 Å². The Morgan fingerprint density at radius 3 is 2.70 bits per heavy atom. The third-order valence-electron chi connectivity index (χ3n) is 3.97. The van der Waals surface area contributed by atoms with Crippen molar-refractivity contribution in [1.29, 1.82) is 5.26 Å². The molecule has 0 spiro atoms. The van der Waals surface area contributed by atoms with Crippen molar-refractivity contribution in [2.75, 3.05) is 5.32 Å². The van der Waals surface area contributed by atoms with Crippen LogP contribution in [0, 0.1) is 11.3 Å². The molecule has 0 aliphatic heterocycles. The zero-order valence-electron chi connectivity index (χ0n) is 12.3. The largest absolute Gasteiger partial charge is 0.353 e. The molecule has 112 valence electrons. The van der Waals surface area contributed by atoms with E-state index >= 15 is 0 Å². The average molecular weight is 302 g/mol. The van der Waals surface area contributed by atoms with E-state index < -0.39 is 5.56 Å². The van der Waals surface area contributed by atoms with Gasteiger partial charge < -0.3 is 5.32 Å². The molecule has 0 unspecified atom stereocenters. The van der Waals surface area contributed by atoms with Crippen molar-refractivity contribution >= 4 is 16.7 Å². The number of aromatic amines is 1. The summed E-state index contributed by atoms with van der Waals surface area (Å²) in [5.41, 5.74) is 0.825. The van der Waals surface area contributed by atoms with Gasteiger partial charge in [-0.25, -0.2) is 4.98 Å². The molecule has 1 fully saturated rings. The van der Waals surface area contributed by atoms with Gasteiger partial charge in [0.25, 0.3) is 5.56 Å². The number of anilines is 1. The molecule has 1 aliphatic carbocycles. The van der Waals surface area contributed by atoms with Crippen LogP contribution in [0.2, 0.25) is 0 Å². The molecule has 1 heterocycles. The SMILES string of the molecule is N#Cc1c(-c2ccc3ccccc3c2)nc(NC2CC2)[nH]c1=O. The molecule has 1 saturated carbocycles. The minimum Gasteiger partial charge on any atom is -0.353 e. The van der Waals surface area contributed by atoms with Gasteiger partial charge in [0.2, 0.25) is 5.95 Å². The number of fused-ring (bicyclic) bond motifs is 1. The summed E-state index contributed by atoms with van der Waals surface area (Å²) in [6.45, 7) is 0. The van der Waals surface area contributed by atoms with Crippen molar-refractivity contribution in [2.24, 2.45) is 0 Å². The summed E-state index contributed by atoms with van der Waals surface area (Å²) >= 11 is 0. The molecule has 5 nitrogen and oxygen atoms in total. The fraction of sp³-hybridized carbons (Fsp3) is 0.167. The van der Waals surface area contributed by atoms with Crippen LogP contribution in [0.5, 0.6) is 0 Å². The quantitative estimate of drug-likeness (QED) is 0.779. The minimum absolute atomic E-state index is 0.0432. The summed E-state index contributed by atoms with van der Waals surface area (Å²) in [6.07, 6.45) is 2.16. The van der Waals surface area contributed by atoms with Crippen LogP contribution >= 0.6 is 0 Å². The maximum Gasteiger partial charge on any atom is 0.270 e. The van der Waals surface area contributed by atoms with E-state index in [1.807, 2.05) is 48.5 Å². The van der Waals surface area contributed by atoms with Gasteiger partial charge in [-0.15, -0.1) is 0 Å². The highest BCUT2D eigenvalue weighted by Crippen LogP contribution is 2.27. The second-order valence-corrected chi connectivity index (χ2v) is 5.73. The van der Waals surface area contributed by atoms with Crippen LogP contribution in [-0.4, -0.2) is 16.0 Å². The lowest BCUT2D eigenvalue weighted by Gasteiger charge is -2.08. The van der Waals surface area contributed by atoms with Crippen LogP contribution in [-0.2, 0) is 0 Å². The molecular weight excluding hydrogens is 288 g/mol. The number of hydrogen-bond acceptors (Lipinski definition) is 4. The van der Waals surface area contributed by atoms with Gasteiger partial charge in [0, 0.05) is 11.6 Å². The summed E-state index contributed by atoms with van der Waals surface area (Å²) in [4.78, 5) is 19.3. The molecule has 2 N–H and O–H groups in total. The van der Waals surface area contributed by atoms with Gasteiger partial charge >= 0.3 is 0 Å². The van der Waals surface area contributed by atoms with Crippen molar-refractivity contribution in [1.82, 2.24) is 9.97 Å². The molecule has 23 heavy (non-hydrogen) atoms. The molecule has 5 heteroatoms. The van der Waals surface area contributed by atoms with Crippen LogP contribution in [0.1, 0.15) is 18.4 Å². The molecule has 0 radical (unpaired) electrons. The Morgan fingerprint density at radius 1 is 1.17 bits per heavy atom. The maximum absolute atomic E-state index is 12.2. The molecular formula is C18H14N4O. The zero-order chi connectivity index (χ0) is 15.8. The van der Waals surface area contributed by atoms with Gasteiger partial charge in [-0.1, -0.05) is 36.4 Å². The predicted molar refractivity (Wildman–Crippen MR) is 89.2 cm³/mol. The standard InChI is InChI=1S/C18H14N4O/c19-10-15-16(21-18(22-17(15)23)20-14-7-8-14)13-6-5-11-3-1-2-4-12(11)9-13/h1-6,9,14H,7-8H2,(H2,20,21,22,23). The molecule has 4 rings (SSSR count). The Bertz CT molecular complexity index is 996. The predicted octanol–water partition coefficient (Wildman–Crippen LogP) is 3.04.